The molecule has 1 saturated heterocycles. The zero-order chi connectivity index (χ0) is 24.8. The predicted molar refractivity (Wildman–Crippen MR) is 141 cm³/mol. The molecule has 0 amide bonds. The van der Waals surface area contributed by atoms with Gasteiger partial charge in [0.25, 0.3) is 0 Å². The van der Waals surface area contributed by atoms with Crippen LogP contribution in [0.25, 0.3) is 0 Å². The van der Waals surface area contributed by atoms with Crippen LogP contribution in [0.1, 0.15) is 43.4 Å². The molecule has 0 aliphatic carbocycles. The molecule has 0 spiro atoms. The van der Waals surface area contributed by atoms with E-state index in [9.17, 15) is 0 Å². The molecule has 2 aromatic carbocycles. The summed E-state index contributed by atoms with van der Waals surface area (Å²) >= 11 is 1.55. The topological polar surface area (TPSA) is 74.1 Å². The number of aryl methyl sites for hydroxylation is 1. The number of ether oxygens (including phenoxy) is 1. The van der Waals surface area contributed by atoms with Gasteiger partial charge in [0.15, 0.2) is 0 Å². The van der Waals surface area contributed by atoms with Gasteiger partial charge in [-0.3, -0.25) is 0 Å². The number of anilines is 1. The number of aromatic nitrogens is 2. The summed E-state index contributed by atoms with van der Waals surface area (Å²) < 4.78 is 6.14. The number of hydrogen-bond donors (Lipinski definition) is 1. The molecule has 0 saturated carbocycles. The van der Waals surface area contributed by atoms with Crippen LogP contribution in [0.15, 0.2) is 64.5 Å². The van der Waals surface area contributed by atoms with Gasteiger partial charge in [0, 0.05) is 18.0 Å². The molecule has 0 atom stereocenters. The molecule has 0 bridgehead atoms. The van der Waals surface area contributed by atoms with Crippen molar-refractivity contribution in [2.75, 3.05) is 32.1 Å². The van der Waals surface area contributed by atoms with Crippen molar-refractivity contribution in [3.8, 4) is 11.9 Å². The highest BCUT2D eigenvalue weighted by Gasteiger charge is 2.18. The molecule has 7 heteroatoms. The quantitative estimate of drug-likeness (QED) is 0.477. The van der Waals surface area contributed by atoms with Crippen molar-refractivity contribution < 1.29 is 4.74 Å². The predicted octanol–water partition coefficient (Wildman–Crippen LogP) is 5.85. The molecule has 6 nitrogen and oxygen atoms in total. The molecule has 1 aliphatic heterocycles. The van der Waals surface area contributed by atoms with E-state index in [1.165, 1.54) is 18.4 Å². The molecular weight excluding hydrogens is 442 g/mol. The SMILES string of the molecule is CC.CNC.Cc1cccc(COc2nc(N3CCCC3)ncc2Sc2ccc(C#N)cc2)c1. The third-order valence-electron chi connectivity index (χ3n) is 4.77. The van der Waals surface area contributed by atoms with E-state index < -0.39 is 0 Å². The van der Waals surface area contributed by atoms with Gasteiger partial charge in [-0.1, -0.05) is 55.4 Å². The van der Waals surface area contributed by atoms with Crippen LogP contribution in [0.4, 0.5) is 5.95 Å². The molecule has 1 aromatic heterocycles. The molecule has 1 N–H and O–H groups in total. The van der Waals surface area contributed by atoms with Crippen molar-refractivity contribution in [3.63, 3.8) is 0 Å². The van der Waals surface area contributed by atoms with Crippen molar-refractivity contribution in [3.05, 3.63) is 71.4 Å². The summed E-state index contributed by atoms with van der Waals surface area (Å²) in [5.74, 6) is 1.32. The van der Waals surface area contributed by atoms with Crippen molar-refractivity contribution in [1.29, 1.82) is 5.26 Å². The van der Waals surface area contributed by atoms with Gasteiger partial charge in [-0.15, -0.1) is 0 Å². The molecule has 0 unspecified atom stereocenters. The number of nitrogens with one attached hydrogen (secondary N) is 1. The first-order valence-electron chi connectivity index (χ1n) is 11.7. The van der Waals surface area contributed by atoms with Crippen LogP contribution >= 0.6 is 11.8 Å². The van der Waals surface area contributed by atoms with Crippen molar-refractivity contribution >= 4 is 17.7 Å². The van der Waals surface area contributed by atoms with E-state index in [4.69, 9.17) is 15.0 Å². The highest BCUT2D eigenvalue weighted by atomic mass is 32.2. The van der Waals surface area contributed by atoms with E-state index in [2.05, 4.69) is 46.4 Å². The molecular formula is C27H35N5OS. The molecule has 1 fully saturated rings. The van der Waals surface area contributed by atoms with Crippen LogP contribution in [-0.4, -0.2) is 37.2 Å². The number of rotatable bonds is 6. The van der Waals surface area contributed by atoms with E-state index >= 15 is 0 Å². The van der Waals surface area contributed by atoms with Gasteiger partial charge in [0.1, 0.15) is 6.61 Å². The highest BCUT2D eigenvalue weighted by Crippen LogP contribution is 2.35. The number of nitrogens with zero attached hydrogens (tertiary/aromatic N) is 4. The van der Waals surface area contributed by atoms with E-state index in [1.54, 1.807) is 11.8 Å². The maximum Gasteiger partial charge on any atom is 0.232 e. The Kier molecular flexibility index (Phi) is 11.9. The van der Waals surface area contributed by atoms with Crippen molar-refractivity contribution in [2.45, 2.75) is 50.0 Å². The Bertz CT molecular complexity index is 1040. The second-order valence-corrected chi connectivity index (χ2v) is 8.66. The normalized spacial score (nSPS) is 12.1. The average molecular weight is 478 g/mol. The zero-order valence-electron chi connectivity index (χ0n) is 20.8. The second-order valence-electron chi connectivity index (χ2n) is 7.55. The van der Waals surface area contributed by atoms with Gasteiger partial charge in [-0.05, 0) is 63.7 Å². The summed E-state index contributed by atoms with van der Waals surface area (Å²) in [6.45, 7) is 8.50. The molecule has 4 rings (SSSR count). The van der Waals surface area contributed by atoms with Crippen LogP contribution in [0, 0.1) is 18.3 Å². The second kappa shape index (κ2) is 14.9. The van der Waals surface area contributed by atoms with Gasteiger partial charge in [-0.2, -0.15) is 10.2 Å². The maximum absolute atomic E-state index is 8.99. The molecule has 34 heavy (non-hydrogen) atoms. The van der Waals surface area contributed by atoms with Crippen LogP contribution in [0.3, 0.4) is 0 Å². The van der Waals surface area contributed by atoms with E-state index in [0.717, 1.165) is 34.4 Å². The lowest BCUT2D eigenvalue weighted by Crippen LogP contribution is -2.20. The van der Waals surface area contributed by atoms with Crippen molar-refractivity contribution in [2.24, 2.45) is 0 Å². The highest BCUT2D eigenvalue weighted by molar-refractivity contribution is 7.99. The Morgan fingerprint density at radius 3 is 2.38 bits per heavy atom. The Hall–Kier alpha value is -3.08. The van der Waals surface area contributed by atoms with Crippen LogP contribution < -0.4 is 15.0 Å². The standard InChI is InChI=1S/C23H22N4OS.C2H7N.C2H6/c1-17-5-4-6-19(13-17)16-28-22-21(29-20-9-7-18(14-24)8-10-20)15-25-23(26-22)27-11-2-3-12-27;1-3-2;1-2/h4-10,13,15H,2-3,11-12,16H2,1H3;3H,1-2H3;1-2H3. The van der Waals surface area contributed by atoms with Gasteiger partial charge >= 0.3 is 0 Å². The number of nitriles is 1. The van der Waals surface area contributed by atoms with Crippen molar-refractivity contribution in [1.82, 2.24) is 15.3 Å². The molecule has 1 aliphatic rings. The van der Waals surface area contributed by atoms with Crippen LogP contribution in [-0.2, 0) is 6.61 Å². The summed E-state index contributed by atoms with van der Waals surface area (Å²) in [6.07, 6.45) is 4.18. The van der Waals surface area contributed by atoms with Gasteiger partial charge in [-0.25, -0.2) is 4.98 Å². The van der Waals surface area contributed by atoms with Crippen LogP contribution in [0.2, 0.25) is 0 Å². The van der Waals surface area contributed by atoms with E-state index in [-0.39, 0.29) is 0 Å². The third kappa shape index (κ3) is 8.36. The smallest absolute Gasteiger partial charge is 0.232 e. The first-order valence-corrected chi connectivity index (χ1v) is 12.5. The monoisotopic (exact) mass is 477 g/mol. The van der Waals surface area contributed by atoms with Gasteiger partial charge in [0.05, 0.1) is 22.7 Å². The average Bonchev–Trinajstić information content (AvgIpc) is 3.41. The summed E-state index contributed by atoms with van der Waals surface area (Å²) in [7, 11) is 3.75. The number of hydrogen-bond acceptors (Lipinski definition) is 7. The van der Waals surface area contributed by atoms with E-state index in [1.807, 2.05) is 64.5 Å². The first-order chi connectivity index (χ1) is 16.6. The van der Waals surface area contributed by atoms with Gasteiger partial charge in [0.2, 0.25) is 11.8 Å². The Labute approximate surface area is 208 Å². The fraction of sp³-hybridized carbons (Fsp3) is 0.370. The Morgan fingerprint density at radius 2 is 1.76 bits per heavy atom. The molecule has 0 radical (unpaired) electrons. The minimum atomic E-state index is 0.457. The first kappa shape index (κ1) is 27.2. The minimum absolute atomic E-state index is 0.457. The largest absolute Gasteiger partial charge is 0.472 e. The van der Waals surface area contributed by atoms with Crippen LogP contribution in [0.5, 0.6) is 5.88 Å². The lowest BCUT2D eigenvalue weighted by atomic mass is 10.1. The minimum Gasteiger partial charge on any atom is -0.472 e. The molecule has 2 heterocycles. The summed E-state index contributed by atoms with van der Waals surface area (Å²) in [5, 5.41) is 11.7. The fourth-order valence-corrected chi connectivity index (χ4v) is 4.09. The number of benzene rings is 2. The molecule has 180 valence electrons. The Balaban J connectivity index is 0.000000758. The summed E-state index contributed by atoms with van der Waals surface area (Å²) in [5.41, 5.74) is 2.96. The summed E-state index contributed by atoms with van der Waals surface area (Å²) in [4.78, 5) is 13.4. The fourth-order valence-electron chi connectivity index (χ4n) is 3.27. The maximum atomic E-state index is 8.99. The zero-order valence-corrected chi connectivity index (χ0v) is 21.7. The molecule has 3 aromatic rings. The summed E-state index contributed by atoms with van der Waals surface area (Å²) in [6, 6.07) is 17.9. The lowest BCUT2D eigenvalue weighted by Gasteiger charge is -2.17. The third-order valence-corrected chi connectivity index (χ3v) is 5.78. The van der Waals surface area contributed by atoms with Gasteiger partial charge < -0.3 is 15.0 Å². The van der Waals surface area contributed by atoms with E-state index in [0.29, 0.717) is 18.1 Å². The lowest BCUT2D eigenvalue weighted by molar-refractivity contribution is 0.285. The Morgan fingerprint density at radius 1 is 1.09 bits per heavy atom.